The smallest absolute Gasteiger partial charge is 0.260 e. The number of carbonyl (C=O) groups is 1. The first-order valence-electron chi connectivity index (χ1n) is 8.54. The molecular weight excluding hydrogens is 288 g/mol. The maximum absolute atomic E-state index is 12.4. The molecule has 5 atom stereocenters. The number of ether oxygens (including phenoxy) is 1. The van der Waals surface area contributed by atoms with Crippen molar-refractivity contribution in [3.63, 3.8) is 0 Å². The van der Waals surface area contributed by atoms with Crippen molar-refractivity contribution in [3.05, 3.63) is 29.8 Å². The molecule has 2 fully saturated rings. The number of rotatable bonds is 5. The van der Waals surface area contributed by atoms with E-state index in [0.29, 0.717) is 17.2 Å². The van der Waals surface area contributed by atoms with Gasteiger partial charge in [-0.25, -0.2) is 0 Å². The van der Waals surface area contributed by atoms with Crippen molar-refractivity contribution in [3.8, 4) is 11.8 Å². The fourth-order valence-corrected chi connectivity index (χ4v) is 4.26. The molecule has 4 heteroatoms. The Morgan fingerprint density at radius 3 is 2.74 bits per heavy atom. The van der Waals surface area contributed by atoms with E-state index in [1.54, 1.807) is 31.2 Å². The normalized spacial score (nSPS) is 28.0. The molecule has 0 heterocycles. The van der Waals surface area contributed by atoms with E-state index in [1.165, 1.54) is 25.7 Å². The standard InChI is InChI=1S/C19H24N2O2/c1-12(17-10-14-7-8-15(17)9-14)21-19(22)13(2)23-18-6-4-3-5-16(18)11-20/h3-6,12-15,17H,7-10H2,1-2H3,(H,21,22)/t12-,13+,14-,15-,17+/m1/s1. The van der Waals surface area contributed by atoms with Gasteiger partial charge in [0, 0.05) is 6.04 Å². The van der Waals surface area contributed by atoms with E-state index < -0.39 is 6.10 Å². The monoisotopic (exact) mass is 312 g/mol. The molecule has 2 saturated carbocycles. The van der Waals surface area contributed by atoms with Crippen LogP contribution in [0, 0.1) is 29.1 Å². The Labute approximate surface area is 137 Å². The zero-order valence-corrected chi connectivity index (χ0v) is 13.8. The van der Waals surface area contributed by atoms with Crippen molar-refractivity contribution >= 4 is 5.91 Å². The average molecular weight is 312 g/mol. The number of carbonyl (C=O) groups excluding carboxylic acids is 1. The Hall–Kier alpha value is -2.02. The van der Waals surface area contributed by atoms with Gasteiger partial charge >= 0.3 is 0 Å². The van der Waals surface area contributed by atoms with E-state index in [0.717, 1.165) is 11.8 Å². The highest BCUT2D eigenvalue weighted by Crippen LogP contribution is 2.49. The van der Waals surface area contributed by atoms with Gasteiger partial charge in [-0.15, -0.1) is 0 Å². The SMILES string of the molecule is C[C@H](Oc1ccccc1C#N)C(=O)N[C@H](C)[C@@H]1C[C@@H]2CC[C@@H]1C2. The molecule has 122 valence electrons. The van der Waals surface area contributed by atoms with Gasteiger partial charge in [-0.1, -0.05) is 18.6 Å². The molecule has 1 aromatic carbocycles. The second kappa shape index (κ2) is 6.62. The van der Waals surface area contributed by atoms with Crippen LogP contribution in [0.2, 0.25) is 0 Å². The Morgan fingerprint density at radius 2 is 2.09 bits per heavy atom. The molecule has 0 aliphatic heterocycles. The number of nitriles is 1. The second-order valence-corrected chi connectivity index (χ2v) is 7.00. The van der Waals surface area contributed by atoms with Crippen LogP contribution in [0.25, 0.3) is 0 Å². The number of nitrogens with one attached hydrogen (secondary N) is 1. The minimum Gasteiger partial charge on any atom is -0.480 e. The van der Waals surface area contributed by atoms with Crippen molar-refractivity contribution in [2.75, 3.05) is 0 Å². The molecule has 1 aromatic rings. The van der Waals surface area contributed by atoms with Gasteiger partial charge in [0.05, 0.1) is 5.56 Å². The fraction of sp³-hybridized carbons (Fsp3) is 0.579. The number of hydrogen-bond donors (Lipinski definition) is 1. The maximum atomic E-state index is 12.4. The van der Waals surface area contributed by atoms with Gasteiger partial charge in [-0.3, -0.25) is 4.79 Å². The van der Waals surface area contributed by atoms with E-state index in [2.05, 4.69) is 18.3 Å². The Morgan fingerprint density at radius 1 is 1.30 bits per heavy atom. The maximum Gasteiger partial charge on any atom is 0.260 e. The predicted molar refractivity (Wildman–Crippen MR) is 87.8 cm³/mol. The summed E-state index contributed by atoms with van der Waals surface area (Å²) in [6, 6.07) is 9.28. The number of amides is 1. The molecule has 2 aliphatic rings. The van der Waals surface area contributed by atoms with Gasteiger partial charge in [0.2, 0.25) is 0 Å². The quantitative estimate of drug-likeness (QED) is 0.907. The van der Waals surface area contributed by atoms with E-state index in [4.69, 9.17) is 10.00 Å². The van der Waals surface area contributed by atoms with Crippen LogP contribution in [0.4, 0.5) is 0 Å². The van der Waals surface area contributed by atoms with E-state index in [1.807, 2.05) is 0 Å². The van der Waals surface area contributed by atoms with Crippen LogP contribution in [-0.2, 0) is 4.79 Å². The third kappa shape index (κ3) is 3.34. The topological polar surface area (TPSA) is 62.1 Å². The third-order valence-corrected chi connectivity index (χ3v) is 5.49. The van der Waals surface area contributed by atoms with Gasteiger partial charge in [-0.2, -0.15) is 5.26 Å². The molecule has 0 radical (unpaired) electrons. The lowest BCUT2D eigenvalue weighted by Gasteiger charge is -2.29. The first kappa shape index (κ1) is 15.9. The van der Waals surface area contributed by atoms with Crippen LogP contribution in [0.5, 0.6) is 5.75 Å². The van der Waals surface area contributed by atoms with E-state index in [9.17, 15) is 4.79 Å². The number of hydrogen-bond acceptors (Lipinski definition) is 3. The summed E-state index contributed by atoms with van der Waals surface area (Å²) in [5, 5.41) is 12.2. The molecule has 0 aromatic heterocycles. The predicted octanol–water partition coefficient (Wildman–Crippen LogP) is 3.27. The Kier molecular flexibility index (Phi) is 4.56. The molecule has 1 amide bonds. The number of fused-ring (bicyclic) bond motifs is 2. The van der Waals surface area contributed by atoms with Crippen LogP contribution < -0.4 is 10.1 Å². The molecule has 2 aliphatic carbocycles. The summed E-state index contributed by atoms with van der Waals surface area (Å²) >= 11 is 0. The highest BCUT2D eigenvalue weighted by atomic mass is 16.5. The third-order valence-electron chi connectivity index (χ3n) is 5.49. The van der Waals surface area contributed by atoms with Gasteiger partial charge in [0.25, 0.3) is 5.91 Å². The highest BCUT2D eigenvalue weighted by molar-refractivity contribution is 5.81. The average Bonchev–Trinajstić information content (AvgIpc) is 3.18. The van der Waals surface area contributed by atoms with Gasteiger partial charge in [-0.05, 0) is 63.0 Å². The summed E-state index contributed by atoms with van der Waals surface area (Å²) in [7, 11) is 0. The number of benzene rings is 1. The Bertz CT molecular complexity index is 622. The van der Waals surface area contributed by atoms with Crippen LogP contribution in [0.1, 0.15) is 45.1 Å². The summed E-state index contributed by atoms with van der Waals surface area (Å²) < 4.78 is 5.69. The first-order chi connectivity index (χ1) is 11.1. The zero-order valence-electron chi connectivity index (χ0n) is 13.8. The van der Waals surface area contributed by atoms with Crippen LogP contribution in [0.15, 0.2) is 24.3 Å². The van der Waals surface area contributed by atoms with Crippen molar-refractivity contribution in [1.82, 2.24) is 5.32 Å². The molecular formula is C19H24N2O2. The van der Waals surface area contributed by atoms with Crippen molar-refractivity contribution in [2.45, 2.75) is 51.7 Å². The molecule has 0 spiro atoms. The summed E-state index contributed by atoms with van der Waals surface area (Å²) in [5.74, 6) is 2.63. The van der Waals surface area contributed by atoms with E-state index in [-0.39, 0.29) is 11.9 Å². The van der Waals surface area contributed by atoms with Crippen molar-refractivity contribution in [2.24, 2.45) is 17.8 Å². The summed E-state index contributed by atoms with van der Waals surface area (Å²) in [6.45, 7) is 3.84. The number of para-hydroxylation sites is 1. The molecule has 3 rings (SSSR count). The zero-order chi connectivity index (χ0) is 16.4. The van der Waals surface area contributed by atoms with Crippen LogP contribution in [0.3, 0.4) is 0 Å². The summed E-state index contributed by atoms with van der Waals surface area (Å²) in [6.07, 6.45) is 4.67. The van der Waals surface area contributed by atoms with Crippen molar-refractivity contribution < 1.29 is 9.53 Å². The molecule has 23 heavy (non-hydrogen) atoms. The summed E-state index contributed by atoms with van der Waals surface area (Å²) in [5.41, 5.74) is 0.452. The highest BCUT2D eigenvalue weighted by Gasteiger charge is 2.42. The molecule has 4 nitrogen and oxygen atoms in total. The molecule has 0 unspecified atom stereocenters. The van der Waals surface area contributed by atoms with Crippen LogP contribution in [-0.4, -0.2) is 18.1 Å². The van der Waals surface area contributed by atoms with Crippen molar-refractivity contribution in [1.29, 1.82) is 5.26 Å². The summed E-state index contributed by atoms with van der Waals surface area (Å²) in [4.78, 5) is 12.4. The minimum atomic E-state index is -0.606. The fourth-order valence-electron chi connectivity index (χ4n) is 4.26. The van der Waals surface area contributed by atoms with E-state index >= 15 is 0 Å². The molecule has 2 bridgehead atoms. The molecule has 0 saturated heterocycles. The lowest BCUT2D eigenvalue weighted by molar-refractivity contribution is -0.128. The van der Waals surface area contributed by atoms with Gasteiger partial charge < -0.3 is 10.1 Å². The van der Waals surface area contributed by atoms with Crippen LogP contribution >= 0.6 is 0 Å². The lowest BCUT2D eigenvalue weighted by atomic mass is 9.84. The Balaban J connectivity index is 1.56. The van der Waals surface area contributed by atoms with Gasteiger partial charge in [0.1, 0.15) is 11.8 Å². The first-order valence-corrected chi connectivity index (χ1v) is 8.54. The lowest BCUT2D eigenvalue weighted by Crippen LogP contribution is -2.45. The minimum absolute atomic E-state index is 0.104. The second-order valence-electron chi connectivity index (χ2n) is 7.00. The number of nitrogens with zero attached hydrogens (tertiary/aromatic N) is 1. The molecule has 1 N–H and O–H groups in total. The largest absolute Gasteiger partial charge is 0.480 e. The van der Waals surface area contributed by atoms with Gasteiger partial charge in [0.15, 0.2) is 6.10 Å².